The van der Waals surface area contributed by atoms with Crippen molar-refractivity contribution < 1.29 is 23.7 Å². The maximum atomic E-state index is 10.3. The van der Waals surface area contributed by atoms with Crippen LogP contribution in [0.15, 0.2) is 0 Å². The summed E-state index contributed by atoms with van der Waals surface area (Å²) >= 11 is 0. The summed E-state index contributed by atoms with van der Waals surface area (Å²) in [6, 6.07) is 0. The Morgan fingerprint density at radius 2 is 1.53 bits per heavy atom. The van der Waals surface area contributed by atoms with Crippen LogP contribution in [-0.2, 0) is 23.7 Å². The van der Waals surface area contributed by atoms with Crippen molar-refractivity contribution in [2.24, 2.45) is 0 Å². The van der Waals surface area contributed by atoms with E-state index in [0.29, 0.717) is 24.7 Å². The summed E-state index contributed by atoms with van der Waals surface area (Å²) < 4.78 is 20.0. The van der Waals surface area contributed by atoms with Gasteiger partial charge in [-0.1, -0.05) is 0 Å². The molecule has 0 aromatic heterocycles. The van der Waals surface area contributed by atoms with Gasteiger partial charge in [0.2, 0.25) is 0 Å². The van der Waals surface area contributed by atoms with Crippen molar-refractivity contribution in [2.75, 3.05) is 33.0 Å². The number of hydrogen-bond acceptors (Lipinski definition) is 5. The largest absolute Gasteiger partial charge is 0.376 e. The van der Waals surface area contributed by atoms with E-state index in [9.17, 15) is 4.79 Å². The van der Waals surface area contributed by atoms with E-state index in [2.05, 4.69) is 0 Å². The topological polar surface area (TPSA) is 63.9 Å². The van der Waals surface area contributed by atoms with Crippen LogP contribution >= 0.6 is 0 Å². The van der Waals surface area contributed by atoms with E-state index in [1.165, 1.54) is 0 Å². The predicted molar refractivity (Wildman–Crippen MR) is 60.0 cm³/mol. The van der Waals surface area contributed by atoms with Gasteiger partial charge in [-0.15, -0.1) is 0 Å². The Morgan fingerprint density at radius 3 is 1.88 bits per heavy atom. The Morgan fingerprint density at radius 1 is 1.06 bits per heavy atom. The molecule has 3 fully saturated rings. The SMILES string of the molecule is C(OCC1CO1)C1CO1.CC(=O)CCC1CO1. The lowest BCUT2D eigenvalue weighted by molar-refractivity contribution is -0.117. The first-order valence-electron chi connectivity index (χ1n) is 6.16. The molecular weight excluding hydrogens is 224 g/mol. The highest BCUT2D eigenvalue weighted by molar-refractivity contribution is 5.75. The van der Waals surface area contributed by atoms with Crippen LogP contribution in [0, 0.1) is 0 Å². The van der Waals surface area contributed by atoms with Crippen LogP contribution in [0.1, 0.15) is 19.8 Å². The van der Waals surface area contributed by atoms with Gasteiger partial charge in [0, 0.05) is 6.42 Å². The Labute approximate surface area is 101 Å². The van der Waals surface area contributed by atoms with Gasteiger partial charge in [0.1, 0.15) is 18.0 Å². The molecule has 0 aliphatic carbocycles. The molecule has 3 atom stereocenters. The molecule has 3 heterocycles. The first-order chi connectivity index (χ1) is 8.24. The maximum Gasteiger partial charge on any atom is 0.129 e. The van der Waals surface area contributed by atoms with Crippen molar-refractivity contribution in [3.63, 3.8) is 0 Å². The van der Waals surface area contributed by atoms with Crippen LogP contribution in [0.2, 0.25) is 0 Å². The molecule has 17 heavy (non-hydrogen) atoms. The lowest BCUT2D eigenvalue weighted by Gasteiger charge is -1.95. The first-order valence-corrected chi connectivity index (χ1v) is 6.16. The summed E-state index contributed by atoms with van der Waals surface area (Å²) in [5, 5.41) is 0. The summed E-state index contributed by atoms with van der Waals surface area (Å²) in [5.74, 6) is 0.264. The third-order valence-corrected chi connectivity index (χ3v) is 2.63. The second-order valence-corrected chi connectivity index (χ2v) is 4.64. The van der Waals surface area contributed by atoms with E-state index in [0.717, 1.165) is 39.5 Å². The number of ether oxygens (including phenoxy) is 4. The highest BCUT2D eigenvalue weighted by atomic mass is 16.6. The van der Waals surface area contributed by atoms with Crippen molar-refractivity contribution in [3.05, 3.63) is 0 Å². The molecule has 0 spiro atoms. The molecule has 3 aliphatic heterocycles. The minimum atomic E-state index is 0.264. The quantitative estimate of drug-likeness (QED) is 0.612. The first kappa shape index (κ1) is 13.0. The molecule has 5 heteroatoms. The van der Waals surface area contributed by atoms with Crippen molar-refractivity contribution >= 4 is 5.78 Å². The van der Waals surface area contributed by atoms with Crippen LogP contribution < -0.4 is 0 Å². The second-order valence-electron chi connectivity index (χ2n) is 4.64. The summed E-state index contributed by atoms with van der Waals surface area (Å²) in [7, 11) is 0. The summed E-state index contributed by atoms with van der Waals surface area (Å²) in [4.78, 5) is 10.3. The van der Waals surface area contributed by atoms with Gasteiger partial charge in [0.05, 0.1) is 39.1 Å². The molecule has 0 N–H and O–H groups in total. The number of carbonyl (C=O) groups excluding carboxylic acids is 1. The number of Topliss-reactive ketones (excluding diaryl/α,β-unsaturated/α-hetero) is 1. The van der Waals surface area contributed by atoms with Gasteiger partial charge in [-0.3, -0.25) is 0 Å². The van der Waals surface area contributed by atoms with Crippen molar-refractivity contribution in [1.29, 1.82) is 0 Å². The third-order valence-electron chi connectivity index (χ3n) is 2.63. The van der Waals surface area contributed by atoms with E-state index in [1.807, 2.05) is 0 Å². The molecule has 3 unspecified atom stereocenters. The van der Waals surface area contributed by atoms with Crippen LogP contribution in [-0.4, -0.2) is 57.1 Å². The third kappa shape index (κ3) is 7.44. The van der Waals surface area contributed by atoms with E-state index in [-0.39, 0.29) is 5.78 Å². The fourth-order valence-electron chi connectivity index (χ4n) is 1.26. The van der Waals surface area contributed by atoms with Gasteiger partial charge in [0.25, 0.3) is 0 Å². The summed E-state index contributed by atoms with van der Waals surface area (Å²) in [5.41, 5.74) is 0. The highest BCUT2D eigenvalue weighted by Crippen LogP contribution is 2.15. The van der Waals surface area contributed by atoms with E-state index >= 15 is 0 Å². The van der Waals surface area contributed by atoms with Gasteiger partial charge in [-0.25, -0.2) is 0 Å². The van der Waals surface area contributed by atoms with E-state index in [4.69, 9.17) is 18.9 Å². The van der Waals surface area contributed by atoms with Crippen molar-refractivity contribution in [2.45, 2.75) is 38.1 Å². The number of hydrogen-bond donors (Lipinski definition) is 0. The zero-order valence-electron chi connectivity index (χ0n) is 10.2. The molecule has 3 aliphatic rings. The fraction of sp³-hybridized carbons (Fsp3) is 0.917. The Hall–Kier alpha value is -0.490. The molecule has 0 radical (unpaired) electrons. The second kappa shape index (κ2) is 6.44. The summed E-state index contributed by atoms with van der Waals surface area (Å²) in [6.45, 7) is 5.74. The van der Waals surface area contributed by atoms with Crippen LogP contribution in [0.25, 0.3) is 0 Å². The molecule has 98 valence electrons. The average Bonchev–Trinajstić information content (AvgIpc) is 3.15. The van der Waals surface area contributed by atoms with Gasteiger partial charge in [-0.2, -0.15) is 0 Å². The predicted octanol–water partition coefficient (Wildman–Crippen LogP) is 0.555. The van der Waals surface area contributed by atoms with Gasteiger partial charge in [0.15, 0.2) is 0 Å². The zero-order chi connectivity index (χ0) is 12.1. The lowest BCUT2D eigenvalue weighted by atomic mass is 10.2. The minimum absolute atomic E-state index is 0.264. The number of carbonyl (C=O) groups is 1. The molecular formula is C12H20O5. The van der Waals surface area contributed by atoms with E-state index < -0.39 is 0 Å². The average molecular weight is 244 g/mol. The standard InChI is InChI=1S/C6H10O3.C6H10O2/c1(5-3-8-5)7-2-6-4-9-6;1-5(7)2-3-6-4-8-6/h5-6H,1-4H2;6H,2-4H2,1H3. The Kier molecular flexibility index (Phi) is 4.91. The molecule has 3 saturated heterocycles. The normalized spacial score (nSPS) is 32.4. The number of rotatable bonds is 7. The number of ketones is 1. The van der Waals surface area contributed by atoms with Gasteiger partial charge >= 0.3 is 0 Å². The molecule has 0 aromatic carbocycles. The van der Waals surface area contributed by atoms with Gasteiger partial charge in [-0.05, 0) is 13.3 Å². The van der Waals surface area contributed by atoms with Crippen molar-refractivity contribution in [1.82, 2.24) is 0 Å². The van der Waals surface area contributed by atoms with Crippen LogP contribution in [0.5, 0.6) is 0 Å². The minimum Gasteiger partial charge on any atom is -0.376 e. The molecule has 0 aromatic rings. The molecule has 0 amide bonds. The lowest BCUT2D eigenvalue weighted by Crippen LogP contribution is -2.06. The molecule has 5 nitrogen and oxygen atoms in total. The van der Waals surface area contributed by atoms with Crippen LogP contribution in [0.4, 0.5) is 0 Å². The molecule has 0 saturated carbocycles. The zero-order valence-corrected chi connectivity index (χ0v) is 10.2. The van der Waals surface area contributed by atoms with Crippen molar-refractivity contribution in [3.8, 4) is 0 Å². The summed E-state index contributed by atoms with van der Waals surface area (Å²) in [6.07, 6.45) is 2.81. The Bertz CT molecular complexity index is 231. The molecule has 0 bridgehead atoms. The monoisotopic (exact) mass is 244 g/mol. The fourth-order valence-corrected chi connectivity index (χ4v) is 1.26. The van der Waals surface area contributed by atoms with E-state index in [1.54, 1.807) is 6.92 Å². The maximum absolute atomic E-state index is 10.3. The highest BCUT2D eigenvalue weighted by Gasteiger charge is 2.26. The number of epoxide rings is 3. The van der Waals surface area contributed by atoms with Gasteiger partial charge < -0.3 is 23.7 Å². The van der Waals surface area contributed by atoms with Crippen LogP contribution in [0.3, 0.4) is 0 Å². The smallest absolute Gasteiger partial charge is 0.129 e. The molecule has 3 rings (SSSR count). The Balaban J connectivity index is 0.000000128.